The first-order valence-corrected chi connectivity index (χ1v) is 7.55. The average Bonchev–Trinajstić information content (AvgIpc) is 3.04. The second-order valence-corrected chi connectivity index (χ2v) is 6.15. The maximum absolute atomic E-state index is 11.3. The van der Waals surface area contributed by atoms with Gasteiger partial charge in [0.05, 0.1) is 17.1 Å². The molecule has 4 heteroatoms. The van der Waals surface area contributed by atoms with Gasteiger partial charge in [-0.15, -0.1) is 0 Å². The molecule has 2 bridgehead atoms. The van der Waals surface area contributed by atoms with Gasteiger partial charge in [-0.3, -0.25) is 14.7 Å². The molecule has 108 valence electrons. The molecule has 4 rings (SSSR count). The minimum atomic E-state index is -0.640. The number of aromatic nitrogens is 1. The van der Waals surface area contributed by atoms with Crippen molar-refractivity contribution in [1.29, 1.82) is 0 Å². The Balaban J connectivity index is 1.59. The molecule has 21 heavy (non-hydrogen) atoms. The highest BCUT2D eigenvalue weighted by atomic mass is 16.4. The topological polar surface area (TPSA) is 53.4 Å². The summed E-state index contributed by atoms with van der Waals surface area (Å²) in [7, 11) is 0. The molecule has 4 nitrogen and oxygen atoms in total. The van der Waals surface area contributed by atoms with Crippen molar-refractivity contribution >= 4 is 16.9 Å². The number of fused-ring (bicyclic) bond motifs is 3. The third kappa shape index (κ3) is 2.10. The summed E-state index contributed by atoms with van der Waals surface area (Å²) in [4.78, 5) is 18.4. The summed E-state index contributed by atoms with van der Waals surface area (Å²) in [6.07, 6.45) is 2.94. The summed E-state index contributed by atoms with van der Waals surface area (Å²) in [5, 5.41) is 10.5. The minimum Gasteiger partial charge on any atom is -0.481 e. The van der Waals surface area contributed by atoms with Crippen LogP contribution in [0.2, 0.25) is 0 Å². The number of carbonyl (C=O) groups is 1. The molecule has 2 saturated heterocycles. The van der Waals surface area contributed by atoms with Gasteiger partial charge in [-0.1, -0.05) is 24.3 Å². The van der Waals surface area contributed by atoms with E-state index in [0.717, 1.165) is 42.4 Å². The summed E-state index contributed by atoms with van der Waals surface area (Å²) in [5.74, 6) is -0.831. The van der Waals surface area contributed by atoms with Crippen LogP contribution in [0.15, 0.2) is 36.4 Å². The maximum Gasteiger partial charge on any atom is 0.308 e. The number of para-hydroxylation sites is 1. The number of nitrogens with zero attached hydrogens (tertiary/aromatic N) is 2. The first kappa shape index (κ1) is 12.8. The largest absolute Gasteiger partial charge is 0.481 e. The number of pyridine rings is 1. The Kier molecular flexibility index (Phi) is 2.93. The summed E-state index contributed by atoms with van der Waals surface area (Å²) in [6.45, 7) is 0.768. The Hall–Kier alpha value is -1.94. The monoisotopic (exact) mass is 282 g/mol. The molecule has 3 heterocycles. The normalized spacial score (nSPS) is 28.3. The molecule has 0 radical (unpaired) electrons. The molecule has 1 aromatic carbocycles. The van der Waals surface area contributed by atoms with Crippen LogP contribution in [-0.4, -0.2) is 33.0 Å². The van der Waals surface area contributed by atoms with Gasteiger partial charge in [0.15, 0.2) is 0 Å². The van der Waals surface area contributed by atoms with Crippen LogP contribution >= 0.6 is 0 Å². The lowest BCUT2D eigenvalue weighted by Gasteiger charge is -2.22. The first-order chi connectivity index (χ1) is 10.2. The molecule has 2 aliphatic heterocycles. The lowest BCUT2D eigenvalue weighted by Crippen LogP contribution is -2.32. The Morgan fingerprint density at radius 3 is 2.90 bits per heavy atom. The molecule has 2 fully saturated rings. The van der Waals surface area contributed by atoms with Gasteiger partial charge >= 0.3 is 5.97 Å². The van der Waals surface area contributed by atoms with Crippen molar-refractivity contribution in [3.8, 4) is 0 Å². The van der Waals surface area contributed by atoms with Crippen molar-refractivity contribution in [3.63, 3.8) is 0 Å². The van der Waals surface area contributed by atoms with Gasteiger partial charge in [0, 0.05) is 24.0 Å². The second kappa shape index (κ2) is 4.81. The van der Waals surface area contributed by atoms with Gasteiger partial charge < -0.3 is 5.11 Å². The molecule has 3 atom stereocenters. The van der Waals surface area contributed by atoms with Crippen molar-refractivity contribution in [3.05, 3.63) is 42.1 Å². The van der Waals surface area contributed by atoms with E-state index in [9.17, 15) is 9.90 Å². The zero-order chi connectivity index (χ0) is 14.4. The van der Waals surface area contributed by atoms with E-state index in [1.54, 1.807) is 0 Å². The van der Waals surface area contributed by atoms with Crippen LogP contribution in [0.25, 0.3) is 10.9 Å². The van der Waals surface area contributed by atoms with E-state index in [-0.39, 0.29) is 12.0 Å². The quantitative estimate of drug-likeness (QED) is 0.940. The molecule has 0 spiro atoms. The van der Waals surface area contributed by atoms with Crippen molar-refractivity contribution in [2.24, 2.45) is 5.92 Å². The molecule has 0 saturated carbocycles. The Morgan fingerprint density at radius 2 is 2.10 bits per heavy atom. The molecule has 0 aliphatic carbocycles. The van der Waals surface area contributed by atoms with E-state index >= 15 is 0 Å². The van der Waals surface area contributed by atoms with Gasteiger partial charge in [0.1, 0.15) is 0 Å². The highest BCUT2D eigenvalue weighted by Crippen LogP contribution is 2.42. The van der Waals surface area contributed by atoms with Gasteiger partial charge in [-0.25, -0.2) is 0 Å². The average molecular weight is 282 g/mol. The Bertz CT molecular complexity index is 700. The van der Waals surface area contributed by atoms with E-state index in [0.29, 0.717) is 6.04 Å². The number of carboxylic acid groups (broad SMARTS) is 1. The van der Waals surface area contributed by atoms with Crippen LogP contribution in [-0.2, 0) is 11.3 Å². The zero-order valence-corrected chi connectivity index (χ0v) is 11.8. The number of aliphatic carboxylic acids is 1. The van der Waals surface area contributed by atoms with Crippen LogP contribution in [0, 0.1) is 5.92 Å². The van der Waals surface area contributed by atoms with Crippen LogP contribution in [0.3, 0.4) is 0 Å². The predicted octanol–water partition coefficient (Wildman–Crippen LogP) is 2.67. The van der Waals surface area contributed by atoms with Gasteiger partial charge in [-0.05, 0) is 31.4 Å². The van der Waals surface area contributed by atoms with Crippen LogP contribution < -0.4 is 0 Å². The third-order valence-electron chi connectivity index (χ3n) is 5.00. The molecule has 2 aliphatic rings. The zero-order valence-electron chi connectivity index (χ0n) is 11.8. The summed E-state index contributed by atoms with van der Waals surface area (Å²) < 4.78 is 0. The predicted molar refractivity (Wildman–Crippen MR) is 79.8 cm³/mol. The fourth-order valence-electron chi connectivity index (χ4n) is 4.00. The van der Waals surface area contributed by atoms with Gasteiger partial charge in [0.2, 0.25) is 0 Å². The highest BCUT2D eigenvalue weighted by Gasteiger charge is 2.49. The molecule has 2 aromatic rings. The molecule has 1 aromatic heterocycles. The standard InChI is InChI=1S/C17H18N2O2/c20-17(21)14-9-13-7-8-16(14)19(13)10-12-6-5-11-3-1-2-4-15(11)18-12/h1-6,13-14,16H,7-10H2,(H,20,21). The van der Waals surface area contributed by atoms with Crippen molar-refractivity contribution < 1.29 is 9.90 Å². The third-order valence-corrected chi connectivity index (χ3v) is 5.00. The summed E-state index contributed by atoms with van der Waals surface area (Å²) >= 11 is 0. The number of hydrogen-bond donors (Lipinski definition) is 1. The fraction of sp³-hybridized carbons (Fsp3) is 0.412. The summed E-state index contributed by atoms with van der Waals surface area (Å²) in [5.41, 5.74) is 2.05. The highest BCUT2D eigenvalue weighted by molar-refractivity contribution is 5.78. The maximum atomic E-state index is 11.3. The minimum absolute atomic E-state index is 0.191. The molecule has 3 unspecified atom stereocenters. The fourth-order valence-corrected chi connectivity index (χ4v) is 4.00. The number of hydrogen-bond acceptors (Lipinski definition) is 3. The van der Waals surface area contributed by atoms with Gasteiger partial charge in [0.25, 0.3) is 0 Å². The van der Waals surface area contributed by atoms with E-state index in [2.05, 4.69) is 23.1 Å². The van der Waals surface area contributed by atoms with Crippen molar-refractivity contribution in [1.82, 2.24) is 9.88 Å². The number of carboxylic acids is 1. The van der Waals surface area contributed by atoms with Crippen LogP contribution in [0.1, 0.15) is 25.0 Å². The second-order valence-electron chi connectivity index (χ2n) is 6.15. The Morgan fingerprint density at radius 1 is 1.24 bits per heavy atom. The molecular weight excluding hydrogens is 264 g/mol. The summed E-state index contributed by atoms with van der Waals surface area (Å²) in [6, 6.07) is 12.9. The molecule has 1 N–H and O–H groups in total. The van der Waals surface area contributed by atoms with Crippen molar-refractivity contribution in [2.75, 3.05) is 0 Å². The lowest BCUT2D eigenvalue weighted by atomic mass is 9.89. The molecular formula is C17H18N2O2. The van der Waals surface area contributed by atoms with Crippen molar-refractivity contribution in [2.45, 2.75) is 37.9 Å². The number of rotatable bonds is 3. The van der Waals surface area contributed by atoms with E-state index in [1.165, 1.54) is 0 Å². The molecule has 0 amide bonds. The first-order valence-electron chi connectivity index (χ1n) is 7.55. The van der Waals surface area contributed by atoms with Crippen LogP contribution in [0.4, 0.5) is 0 Å². The van der Waals surface area contributed by atoms with E-state index in [4.69, 9.17) is 4.98 Å². The van der Waals surface area contributed by atoms with Crippen LogP contribution in [0.5, 0.6) is 0 Å². The van der Waals surface area contributed by atoms with E-state index < -0.39 is 5.97 Å². The smallest absolute Gasteiger partial charge is 0.308 e. The lowest BCUT2D eigenvalue weighted by molar-refractivity contribution is -0.142. The Labute approximate surface area is 123 Å². The SMILES string of the molecule is O=C(O)C1CC2CCC1N2Cc1ccc2ccccc2n1. The number of benzene rings is 1. The van der Waals surface area contributed by atoms with Gasteiger partial charge in [-0.2, -0.15) is 0 Å². The van der Waals surface area contributed by atoms with E-state index in [1.807, 2.05) is 18.2 Å².